The number of carboxylic acid groups (broad SMARTS) is 2. The Bertz CT molecular complexity index is 918. The molecule has 0 aliphatic carbocycles. The monoisotopic (exact) mass is 629 g/mol. The standard InChI is InChI=1S/C28H51N7O9/c29-20(18-31-16-17-33-23(37)11-8-6-4-2-1-3-5-7-10-22(30)36)27(42)34-19-25(39)32-15-14-21(28(43)44)35-24(38)12-9-13-26(40)41/h20-21,31H,1-19,29H2,(H2,30,36)(H,32,39)(H,33,37)(H,34,42)(H,35,38)(H,40,41)(H,43,44). The molecule has 11 N–H and O–H groups in total. The summed E-state index contributed by atoms with van der Waals surface area (Å²) in [5.41, 5.74) is 10.9. The molecule has 0 saturated heterocycles. The Morgan fingerprint density at radius 3 is 1.77 bits per heavy atom. The van der Waals surface area contributed by atoms with Crippen molar-refractivity contribution >= 4 is 41.5 Å². The number of carboxylic acids is 2. The lowest BCUT2D eigenvalue weighted by atomic mass is 10.1. The largest absolute Gasteiger partial charge is 0.481 e. The number of rotatable bonds is 28. The van der Waals surface area contributed by atoms with E-state index in [1.165, 1.54) is 0 Å². The molecular weight excluding hydrogens is 578 g/mol. The van der Waals surface area contributed by atoms with E-state index in [0.29, 0.717) is 25.9 Å². The van der Waals surface area contributed by atoms with E-state index in [0.717, 1.165) is 51.4 Å². The summed E-state index contributed by atoms with van der Waals surface area (Å²) in [5.74, 6) is -4.40. The molecule has 0 aliphatic heterocycles. The SMILES string of the molecule is NC(=O)CCCCCCCCCCC(=O)NCCNCC(N)C(=O)NCC(=O)NCCC(NC(=O)CCCC(=O)O)C(=O)O. The molecule has 5 amide bonds. The summed E-state index contributed by atoms with van der Waals surface area (Å²) >= 11 is 0. The Kier molecular flexibility index (Phi) is 23.5. The lowest BCUT2D eigenvalue weighted by molar-refractivity contribution is -0.142. The summed E-state index contributed by atoms with van der Waals surface area (Å²) in [7, 11) is 0. The number of aliphatic carboxylic acids is 2. The quantitative estimate of drug-likeness (QED) is 0.0466. The van der Waals surface area contributed by atoms with Gasteiger partial charge in [0.2, 0.25) is 29.5 Å². The topological polar surface area (TPSA) is 272 Å². The Labute approximate surface area is 258 Å². The van der Waals surface area contributed by atoms with E-state index in [1.807, 2.05) is 0 Å². The minimum atomic E-state index is -1.30. The highest BCUT2D eigenvalue weighted by Gasteiger charge is 2.20. The third-order valence-electron chi connectivity index (χ3n) is 6.51. The molecule has 16 nitrogen and oxygen atoms in total. The van der Waals surface area contributed by atoms with Gasteiger partial charge in [0, 0.05) is 51.9 Å². The summed E-state index contributed by atoms with van der Waals surface area (Å²) in [6.45, 7) is 0.448. The maximum Gasteiger partial charge on any atom is 0.326 e. The van der Waals surface area contributed by atoms with Gasteiger partial charge in [-0.25, -0.2) is 4.79 Å². The number of nitrogens with two attached hydrogens (primary N) is 2. The molecule has 0 radical (unpaired) electrons. The molecule has 0 fully saturated rings. The fourth-order valence-corrected chi connectivity index (χ4v) is 4.02. The number of nitrogens with one attached hydrogen (secondary N) is 5. The van der Waals surface area contributed by atoms with E-state index in [2.05, 4.69) is 26.6 Å². The third kappa shape index (κ3) is 24.8. The predicted molar refractivity (Wildman–Crippen MR) is 161 cm³/mol. The van der Waals surface area contributed by atoms with Crippen LogP contribution in [-0.2, 0) is 33.6 Å². The Morgan fingerprint density at radius 1 is 0.614 bits per heavy atom. The highest BCUT2D eigenvalue weighted by atomic mass is 16.4. The minimum Gasteiger partial charge on any atom is -0.481 e. The van der Waals surface area contributed by atoms with Gasteiger partial charge in [-0.05, 0) is 25.7 Å². The average Bonchev–Trinajstić information content (AvgIpc) is 2.95. The molecule has 44 heavy (non-hydrogen) atoms. The zero-order valence-electron chi connectivity index (χ0n) is 25.5. The smallest absolute Gasteiger partial charge is 0.326 e. The first-order chi connectivity index (χ1) is 20.9. The van der Waals surface area contributed by atoms with Gasteiger partial charge >= 0.3 is 11.9 Å². The van der Waals surface area contributed by atoms with Crippen LogP contribution in [0.2, 0.25) is 0 Å². The molecule has 0 aromatic carbocycles. The van der Waals surface area contributed by atoms with Crippen LogP contribution < -0.4 is 38.1 Å². The third-order valence-corrected chi connectivity index (χ3v) is 6.51. The number of carbonyl (C=O) groups is 7. The molecular formula is C28H51N7O9. The van der Waals surface area contributed by atoms with E-state index in [4.69, 9.17) is 16.6 Å². The molecule has 16 heteroatoms. The summed E-state index contributed by atoms with van der Waals surface area (Å²) in [4.78, 5) is 80.3. The van der Waals surface area contributed by atoms with E-state index >= 15 is 0 Å². The summed E-state index contributed by atoms with van der Waals surface area (Å²) in [6, 6.07) is -2.20. The summed E-state index contributed by atoms with van der Waals surface area (Å²) in [5, 5.41) is 30.7. The fraction of sp³-hybridized carbons (Fsp3) is 0.750. The number of amides is 5. The second kappa shape index (κ2) is 25.7. The second-order valence-electron chi connectivity index (χ2n) is 10.5. The summed E-state index contributed by atoms with van der Waals surface area (Å²) in [6.07, 6.45) is 8.52. The Morgan fingerprint density at radius 2 is 1.18 bits per heavy atom. The van der Waals surface area contributed by atoms with Gasteiger partial charge in [-0.15, -0.1) is 0 Å². The minimum absolute atomic E-state index is 0.0425. The van der Waals surface area contributed by atoms with Crippen LogP contribution >= 0.6 is 0 Å². The molecule has 252 valence electrons. The van der Waals surface area contributed by atoms with Crippen molar-refractivity contribution in [1.82, 2.24) is 26.6 Å². The number of hydrogen-bond acceptors (Lipinski definition) is 9. The Balaban J connectivity index is 3.86. The van der Waals surface area contributed by atoms with Crippen molar-refractivity contribution in [2.24, 2.45) is 11.5 Å². The molecule has 0 aliphatic rings. The van der Waals surface area contributed by atoms with Crippen molar-refractivity contribution in [3.8, 4) is 0 Å². The van der Waals surface area contributed by atoms with Gasteiger partial charge in [-0.3, -0.25) is 28.8 Å². The van der Waals surface area contributed by atoms with Gasteiger partial charge in [0.25, 0.3) is 0 Å². The van der Waals surface area contributed by atoms with E-state index in [1.54, 1.807) is 0 Å². The molecule has 0 heterocycles. The van der Waals surface area contributed by atoms with Crippen LogP contribution in [-0.4, -0.2) is 96.5 Å². The maximum atomic E-state index is 12.1. The molecule has 0 spiro atoms. The van der Waals surface area contributed by atoms with Gasteiger partial charge < -0.3 is 48.3 Å². The summed E-state index contributed by atoms with van der Waals surface area (Å²) < 4.78 is 0. The van der Waals surface area contributed by atoms with Crippen LogP contribution in [0.1, 0.15) is 89.9 Å². The predicted octanol–water partition coefficient (Wildman–Crippen LogP) is -1.15. The first-order valence-corrected chi connectivity index (χ1v) is 15.2. The highest BCUT2D eigenvalue weighted by molar-refractivity contribution is 5.87. The van der Waals surface area contributed by atoms with Crippen LogP contribution in [0.15, 0.2) is 0 Å². The van der Waals surface area contributed by atoms with E-state index in [9.17, 15) is 38.7 Å². The highest BCUT2D eigenvalue weighted by Crippen LogP contribution is 2.10. The number of hydrogen-bond donors (Lipinski definition) is 9. The molecule has 0 aromatic heterocycles. The zero-order valence-corrected chi connectivity index (χ0v) is 25.5. The van der Waals surface area contributed by atoms with Gasteiger partial charge in [-0.1, -0.05) is 38.5 Å². The van der Waals surface area contributed by atoms with Gasteiger partial charge in [0.1, 0.15) is 6.04 Å². The van der Waals surface area contributed by atoms with E-state index in [-0.39, 0.29) is 57.1 Å². The van der Waals surface area contributed by atoms with Crippen molar-refractivity contribution in [3.05, 3.63) is 0 Å². The van der Waals surface area contributed by atoms with Crippen LogP contribution in [0.4, 0.5) is 0 Å². The van der Waals surface area contributed by atoms with Crippen molar-refractivity contribution in [3.63, 3.8) is 0 Å². The van der Waals surface area contributed by atoms with Crippen molar-refractivity contribution in [2.75, 3.05) is 32.7 Å². The van der Waals surface area contributed by atoms with Crippen molar-refractivity contribution < 1.29 is 43.8 Å². The lowest BCUT2D eigenvalue weighted by Crippen LogP contribution is -2.50. The molecule has 0 rings (SSSR count). The van der Waals surface area contributed by atoms with Gasteiger partial charge in [0.15, 0.2) is 0 Å². The number of primary amides is 1. The first kappa shape index (κ1) is 40.2. The molecule has 2 unspecified atom stereocenters. The van der Waals surface area contributed by atoms with Crippen LogP contribution in [0, 0.1) is 0 Å². The lowest BCUT2D eigenvalue weighted by Gasteiger charge is -2.16. The zero-order chi connectivity index (χ0) is 33.2. The van der Waals surface area contributed by atoms with Crippen LogP contribution in [0.25, 0.3) is 0 Å². The Hall–Kier alpha value is -3.79. The van der Waals surface area contributed by atoms with Crippen LogP contribution in [0.3, 0.4) is 0 Å². The molecule has 0 aromatic rings. The normalized spacial score (nSPS) is 12.0. The van der Waals surface area contributed by atoms with Crippen molar-refractivity contribution in [1.29, 1.82) is 0 Å². The van der Waals surface area contributed by atoms with Gasteiger partial charge in [0.05, 0.1) is 12.6 Å². The van der Waals surface area contributed by atoms with Crippen molar-refractivity contribution in [2.45, 2.75) is 102 Å². The molecule has 0 bridgehead atoms. The fourth-order valence-electron chi connectivity index (χ4n) is 4.02. The second-order valence-corrected chi connectivity index (χ2v) is 10.5. The maximum absolute atomic E-state index is 12.1. The van der Waals surface area contributed by atoms with E-state index < -0.39 is 41.7 Å². The number of carbonyl (C=O) groups excluding carboxylic acids is 5. The molecule has 2 atom stereocenters. The van der Waals surface area contributed by atoms with Crippen LogP contribution in [0.5, 0.6) is 0 Å². The molecule has 0 saturated carbocycles. The first-order valence-electron chi connectivity index (χ1n) is 15.2. The average molecular weight is 630 g/mol. The van der Waals surface area contributed by atoms with Gasteiger partial charge in [-0.2, -0.15) is 0 Å². The number of unbranched alkanes of at least 4 members (excludes halogenated alkanes) is 7.